The number of halogens is 1. The smallest absolute Gasteiger partial charge is 0.203 e. The van der Waals surface area contributed by atoms with Crippen molar-refractivity contribution in [2.45, 2.75) is 33.1 Å². The largest absolute Gasteiger partial charge is 0.507 e. The lowest BCUT2D eigenvalue weighted by Crippen LogP contribution is -2.13. The molecule has 1 heterocycles. The zero-order valence-corrected chi connectivity index (χ0v) is 16.0. The number of benzene rings is 1. The van der Waals surface area contributed by atoms with E-state index in [1.807, 2.05) is 41.8 Å². The standard InChI is InChI=1S/C16H17ClO2S.C2H7N/c1-9-7-10(8-11(14(9)18)16(2,3)4)15(19)12-5-6-13(17)20-12;1-3-2/h5-8,18H,1-4H3;3H,1-2H3. The minimum Gasteiger partial charge on any atom is -0.507 e. The fraction of sp³-hybridized carbons (Fsp3) is 0.389. The van der Waals surface area contributed by atoms with Crippen molar-refractivity contribution in [3.05, 3.63) is 50.2 Å². The van der Waals surface area contributed by atoms with Crippen LogP contribution in [0.4, 0.5) is 0 Å². The number of rotatable bonds is 2. The van der Waals surface area contributed by atoms with Crippen molar-refractivity contribution in [2.24, 2.45) is 0 Å². The molecule has 0 bridgehead atoms. The highest BCUT2D eigenvalue weighted by atomic mass is 35.5. The monoisotopic (exact) mass is 353 g/mol. The second-order valence-corrected chi connectivity index (χ2v) is 8.09. The number of carbonyl (C=O) groups excluding carboxylic acids is 1. The Morgan fingerprint density at radius 1 is 1.22 bits per heavy atom. The van der Waals surface area contributed by atoms with Crippen LogP contribution in [0.15, 0.2) is 24.3 Å². The van der Waals surface area contributed by atoms with Crippen LogP contribution in [0.1, 0.15) is 47.1 Å². The highest BCUT2D eigenvalue weighted by Gasteiger charge is 2.22. The van der Waals surface area contributed by atoms with E-state index in [0.717, 1.165) is 5.56 Å². The number of nitrogens with one attached hydrogen (secondary N) is 1. The molecule has 0 aliphatic heterocycles. The van der Waals surface area contributed by atoms with E-state index in [0.29, 0.717) is 20.3 Å². The van der Waals surface area contributed by atoms with Gasteiger partial charge in [-0.25, -0.2) is 0 Å². The number of aryl methyl sites for hydroxylation is 1. The van der Waals surface area contributed by atoms with Gasteiger partial charge in [0.25, 0.3) is 0 Å². The molecule has 23 heavy (non-hydrogen) atoms. The first-order valence-corrected chi connectivity index (χ1v) is 8.53. The summed E-state index contributed by atoms with van der Waals surface area (Å²) < 4.78 is 0.597. The van der Waals surface area contributed by atoms with Crippen molar-refractivity contribution in [3.63, 3.8) is 0 Å². The van der Waals surface area contributed by atoms with E-state index >= 15 is 0 Å². The van der Waals surface area contributed by atoms with Crippen LogP contribution in [0, 0.1) is 6.92 Å². The van der Waals surface area contributed by atoms with Gasteiger partial charge in [-0.1, -0.05) is 32.4 Å². The van der Waals surface area contributed by atoms with Gasteiger partial charge in [0.1, 0.15) is 5.75 Å². The van der Waals surface area contributed by atoms with Crippen LogP contribution in [0.5, 0.6) is 5.75 Å². The van der Waals surface area contributed by atoms with E-state index in [1.165, 1.54) is 11.3 Å². The second kappa shape index (κ2) is 7.95. The fourth-order valence-electron chi connectivity index (χ4n) is 2.06. The molecule has 2 aromatic rings. The predicted molar refractivity (Wildman–Crippen MR) is 99.3 cm³/mol. The van der Waals surface area contributed by atoms with Gasteiger partial charge in [0.2, 0.25) is 5.78 Å². The average Bonchev–Trinajstić information content (AvgIpc) is 2.87. The van der Waals surface area contributed by atoms with Gasteiger partial charge in [0.05, 0.1) is 9.21 Å². The number of phenolic OH excluding ortho intramolecular Hbond substituents is 1. The van der Waals surface area contributed by atoms with Crippen molar-refractivity contribution in [2.75, 3.05) is 14.1 Å². The Labute approximate surface area is 147 Å². The van der Waals surface area contributed by atoms with Crippen LogP contribution in [0.2, 0.25) is 4.34 Å². The number of ketones is 1. The van der Waals surface area contributed by atoms with Crippen molar-refractivity contribution in [3.8, 4) is 5.75 Å². The summed E-state index contributed by atoms with van der Waals surface area (Å²) >= 11 is 7.15. The first-order chi connectivity index (χ1) is 10.6. The van der Waals surface area contributed by atoms with Gasteiger partial charge in [0.15, 0.2) is 0 Å². The molecule has 1 aromatic heterocycles. The summed E-state index contributed by atoms with van der Waals surface area (Å²) in [6.45, 7) is 7.84. The number of hydrogen-bond acceptors (Lipinski definition) is 4. The van der Waals surface area contributed by atoms with E-state index in [9.17, 15) is 9.90 Å². The van der Waals surface area contributed by atoms with Gasteiger partial charge in [-0.3, -0.25) is 4.79 Å². The van der Waals surface area contributed by atoms with Crippen LogP contribution >= 0.6 is 22.9 Å². The second-order valence-electron chi connectivity index (χ2n) is 6.37. The Balaban J connectivity index is 0.000000816. The summed E-state index contributed by atoms with van der Waals surface area (Å²) in [6.07, 6.45) is 0. The normalized spacial score (nSPS) is 10.9. The summed E-state index contributed by atoms with van der Waals surface area (Å²) in [4.78, 5) is 13.1. The summed E-state index contributed by atoms with van der Waals surface area (Å²) in [5.41, 5.74) is 1.86. The van der Waals surface area contributed by atoms with Crippen molar-refractivity contribution >= 4 is 28.7 Å². The van der Waals surface area contributed by atoms with Gasteiger partial charge in [-0.15, -0.1) is 11.3 Å². The van der Waals surface area contributed by atoms with E-state index in [2.05, 4.69) is 5.32 Å². The molecule has 2 N–H and O–H groups in total. The van der Waals surface area contributed by atoms with Gasteiger partial charge in [-0.05, 0) is 56.3 Å². The summed E-state index contributed by atoms with van der Waals surface area (Å²) in [6, 6.07) is 6.95. The minimum absolute atomic E-state index is 0.0597. The van der Waals surface area contributed by atoms with Gasteiger partial charge in [0, 0.05) is 11.1 Å². The van der Waals surface area contributed by atoms with Crippen molar-refractivity contribution in [1.29, 1.82) is 0 Å². The molecular weight excluding hydrogens is 330 g/mol. The molecule has 0 spiro atoms. The Morgan fingerprint density at radius 2 is 1.78 bits per heavy atom. The SMILES string of the molecule is CNC.Cc1cc(C(=O)c2ccc(Cl)s2)cc(C(C)(C)C)c1O. The third kappa shape index (κ3) is 5.06. The van der Waals surface area contributed by atoms with E-state index in [-0.39, 0.29) is 16.9 Å². The maximum Gasteiger partial charge on any atom is 0.203 e. The lowest BCUT2D eigenvalue weighted by molar-refractivity contribution is 0.104. The first kappa shape index (κ1) is 19.7. The molecule has 2 rings (SSSR count). The van der Waals surface area contributed by atoms with Crippen molar-refractivity contribution in [1.82, 2.24) is 5.32 Å². The zero-order chi connectivity index (χ0) is 17.8. The number of carbonyl (C=O) groups is 1. The quantitative estimate of drug-likeness (QED) is 0.764. The molecule has 5 heteroatoms. The Bertz CT molecular complexity index is 687. The molecule has 126 valence electrons. The third-order valence-corrected chi connectivity index (χ3v) is 4.40. The lowest BCUT2D eigenvalue weighted by atomic mass is 9.83. The van der Waals surface area contributed by atoms with Crippen LogP contribution in [0.3, 0.4) is 0 Å². The van der Waals surface area contributed by atoms with Gasteiger partial charge in [-0.2, -0.15) is 0 Å². The predicted octanol–water partition coefficient (Wildman–Crippen LogP) is 4.78. The van der Waals surface area contributed by atoms with Crippen LogP contribution in [-0.4, -0.2) is 25.0 Å². The maximum atomic E-state index is 12.5. The van der Waals surface area contributed by atoms with Crippen LogP contribution < -0.4 is 5.32 Å². The molecule has 0 unspecified atom stereocenters. The van der Waals surface area contributed by atoms with Crippen LogP contribution in [-0.2, 0) is 5.41 Å². The van der Waals surface area contributed by atoms with Gasteiger partial charge < -0.3 is 10.4 Å². The molecule has 0 atom stereocenters. The summed E-state index contributed by atoms with van der Waals surface area (Å²) in [5, 5.41) is 12.9. The Morgan fingerprint density at radius 3 is 2.22 bits per heavy atom. The molecule has 0 amide bonds. The highest BCUT2D eigenvalue weighted by Crippen LogP contribution is 2.35. The first-order valence-electron chi connectivity index (χ1n) is 7.34. The number of hydrogen-bond donors (Lipinski definition) is 2. The number of thiophene rings is 1. The zero-order valence-electron chi connectivity index (χ0n) is 14.5. The topological polar surface area (TPSA) is 49.3 Å². The number of aromatic hydroxyl groups is 1. The highest BCUT2D eigenvalue weighted by molar-refractivity contribution is 7.18. The number of phenols is 1. The van der Waals surface area contributed by atoms with E-state index in [1.54, 1.807) is 24.3 Å². The molecule has 0 radical (unpaired) electrons. The van der Waals surface area contributed by atoms with E-state index < -0.39 is 0 Å². The summed E-state index contributed by atoms with van der Waals surface area (Å²) in [7, 11) is 3.75. The molecule has 0 fully saturated rings. The molecule has 0 saturated heterocycles. The Hall–Kier alpha value is -1.36. The van der Waals surface area contributed by atoms with Crippen LogP contribution in [0.25, 0.3) is 0 Å². The lowest BCUT2D eigenvalue weighted by Gasteiger charge is -2.22. The molecule has 0 aliphatic carbocycles. The minimum atomic E-state index is -0.224. The molecule has 1 aromatic carbocycles. The van der Waals surface area contributed by atoms with Crippen molar-refractivity contribution < 1.29 is 9.90 Å². The van der Waals surface area contributed by atoms with E-state index in [4.69, 9.17) is 11.6 Å². The van der Waals surface area contributed by atoms with Gasteiger partial charge >= 0.3 is 0 Å². The summed E-state index contributed by atoms with van der Waals surface area (Å²) in [5.74, 6) is 0.203. The Kier molecular flexibility index (Phi) is 6.81. The molecule has 0 aliphatic rings. The molecule has 0 saturated carbocycles. The maximum absolute atomic E-state index is 12.5. The molecule has 3 nitrogen and oxygen atoms in total. The average molecular weight is 354 g/mol. The fourth-order valence-corrected chi connectivity index (χ4v) is 3.07. The third-order valence-electron chi connectivity index (χ3n) is 3.17. The molecular formula is C18H24ClNO2S.